The number of aliphatic imine (C=N–C) groups is 1. The normalized spacial score (nSPS) is 17.9. The molecular formula is C21H23N5O3. The van der Waals surface area contributed by atoms with Gasteiger partial charge in [-0.05, 0) is 29.7 Å². The molecule has 2 atom stereocenters. The Kier molecular flexibility index (Phi) is 5.26. The number of methoxy groups -OCH3 is 1. The highest BCUT2D eigenvalue weighted by Gasteiger charge is 2.24. The molecule has 3 aromatic rings. The second-order valence-corrected chi connectivity index (χ2v) is 7.14. The Morgan fingerprint density at radius 3 is 2.86 bits per heavy atom. The molecule has 0 bridgehead atoms. The van der Waals surface area contributed by atoms with Gasteiger partial charge in [0.2, 0.25) is 5.43 Å². The van der Waals surface area contributed by atoms with Gasteiger partial charge < -0.3 is 9.47 Å². The Hall–Kier alpha value is -3.26. The summed E-state index contributed by atoms with van der Waals surface area (Å²) < 4.78 is 14.5. The van der Waals surface area contributed by atoms with Gasteiger partial charge in [-0.15, -0.1) is 0 Å². The first-order chi connectivity index (χ1) is 14.0. The van der Waals surface area contributed by atoms with E-state index in [2.05, 4.69) is 22.1 Å². The van der Waals surface area contributed by atoms with Crippen molar-refractivity contribution in [1.82, 2.24) is 19.6 Å². The largest absolute Gasteiger partial charge is 0.487 e. The maximum atomic E-state index is 12.2. The van der Waals surface area contributed by atoms with Crippen LogP contribution in [0, 0.1) is 5.92 Å². The average Bonchev–Trinajstić information content (AvgIpc) is 3.16. The van der Waals surface area contributed by atoms with Crippen molar-refractivity contribution < 1.29 is 9.47 Å². The van der Waals surface area contributed by atoms with E-state index in [1.807, 2.05) is 37.7 Å². The first-order valence-electron chi connectivity index (χ1n) is 9.43. The van der Waals surface area contributed by atoms with Crippen molar-refractivity contribution in [3.63, 3.8) is 0 Å². The van der Waals surface area contributed by atoms with Crippen LogP contribution in [0.25, 0.3) is 5.69 Å². The van der Waals surface area contributed by atoms with E-state index in [-0.39, 0.29) is 23.9 Å². The smallest absolute Gasteiger partial charge is 0.206 e. The van der Waals surface area contributed by atoms with Crippen molar-refractivity contribution in [2.45, 2.75) is 19.4 Å². The summed E-state index contributed by atoms with van der Waals surface area (Å²) in [6.07, 6.45) is 7.08. The molecule has 0 saturated heterocycles. The zero-order chi connectivity index (χ0) is 20.4. The fraction of sp³-hybridized carbons (Fsp3) is 0.333. The Labute approximate surface area is 168 Å². The van der Waals surface area contributed by atoms with Crippen molar-refractivity contribution in [1.29, 1.82) is 0 Å². The van der Waals surface area contributed by atoms with Gasteiger partial charge in [0.25, 0.3) is 0 Å². The lowest BCUT2D eigenvalue weighted by molar-refractivity contribution is 0.168. The lowest BCUT2D eigenvalue weighted by Crippen LogP contribution is -2.20. The number of aryl methyl sites for hydroxylation is 1. The fourth-order valence-corrected chi connectivity index (χ4v) is 3.39. The molecule has 1 aromatic carbocycles. The highest BCUT2D eigenvalue weighted by molar-refractivity contribution is 5.73. The average molecular weight is 393 g/mol. The van der Waals surface area contributed by atoms with Crippen LogP contribution in [0.1, 0.15) is 24.1 Å². The van der Waals surface area contributed by atoms with Crippen molar-refractivity contribution in [2.75, 3.05) is 13.7 Å². The van der Waals surface area contributed by atoms with E-state index in [0.29, 0.717) is 18.1 Å². The number of benzene rings is 1. The molecule has 3 heterocycles. The zero-order valence-electron chi connectivity index (χ0n) is 16.6. The van der Waals surface area contributed by atoms with Gasteiger partial charge in [-0.25, -0.2) is 4.68 Å². The minimum atomic E-state index is -0.166. The van der Waals surface area contributed by atoms with Gasteiger partial charge in [-0.2, -0.15) is 10.2 Å². The quantitative estimate of drug-likeness (QED) is 0.643. The number of hydrogen-bond acceptors (Lipinski definition) is 6. The van der Waals surface area contributed by atoms with Gasteiger partial charge in [0.05, 0.1) is 24.7 Å². The molecule has 1 aliphatic heterocycles. The highest BCUT2D eigenvalue weighted by atomic mass is 16.5. The van der Waals surface area contributed by atoms with Gasteiger partial charge >= 0.3 is 0 Å². The molecule has 0 spiro atoms. The molecule has 8 heteroatoms. The van der Waals surface area contributed by atoms with Crippen LogP contribution in [0.5, 0.6) is 5.75 Å². The Bertz CT molecular complexity index is 1100. The van der Waals surface area contributed by atoms with E-state index >= 15 is 0 Å². The molecule has 29 heavy (non-hydrogen) atoms. The monoisotopic (exact) mass is 393 g/mol. The second kappa shape index (κ2) is 8.00. The number of aromatic nitrogens is 4. The van der Waals surface area contributed by atoms with E-state index < -0.39 is 0 Å². The van der Waals surface area contributed by atoms with Gasteiger partial charge in [-0.1, -0.05) is 6.92 Å². The van der Waals surface area contributed by atoms with Crippen molar-refractivity contribution in [3.05, 3.63) is 64.3 Å². The predicted molar refractivity (Wildman–Crippen MR) is 109 cm³/mol. The summed E-state index contributed by atoms with van der Waals surface area (Å²) in [5.41, 5.74) is 2.99. The van der Waals surface area contributed by atoms with E-state index in [1.54, 1.807) is 28.9 Å². The number of fused-ring (bicyclic) bond motifs is 1. The van der Waals surface area contributed by atoms with Crippen molar-refractivity contribution in [3.8, 4) is 11.4 Å². The third-order valence-corrected chi connectivity index (χ3v) is 5.11. The number of nitrogens with zero attached hydrogens (tertiary/aromatic N) is 5. The van der Waals surface area contributed by atoms with Gasteiger partial charge in [0.1, 0.15) is 23.7 Å². The number of rotatable bonds is 6. The molecule has 150 valence electrons. The second-order valence-electron chi connectivity index (χ2n) is 7.14. The van der Waals surface area contributed by atoms with Crippen LogP contribution in [-0.2, 0) is 18.4 Å². The first-order valence-corrected chi connectivity index (χ1v) is 9.43. The Balaban J connectivity index is 1.53. The lowest BCUT2D eigenvalue weighted by Gasteiger charge is -2.25. The van der Waals surface area contributed by atoms with Crippen molar-refractivity contribution in [2.24, 2.45) is 18.0 Å². The van der Waals surface area contributed by atoms with E-state index in [0.717, 1.165) is 16.9 Å². The Morgan fingerprint density at radius 1 is 1.24 bits per heavy atom. The SMILES string of the molecule is COCC1C=Nc2ccc(OCc3nn(-c4cnn(C)c4)ccc3=O)cc2C1C. The van der Waals surface area contributed by atoms with Gasteiger partial charge in [-0.3, -0.25) is 14.5 Å². The van der Waals surface area contributed by atoms with E-state index in [9.17, 15) is 4.79 Å². The summed E-state index contributed by atoms with van der Waals surface area (Å²) >= 11 is 0. The topological polar surface area (TPSA) is 83.5 Å². The van der Waals surface area contributed by atoms with E-state index in [1.165, 1.54) is 6.07 Å². The highest BCUT2D eigenvalue weighted by Crippen LogP contribution is 2.37. The summed E-state index contributed by atoms with van der Waals surface area (Å²) in [5.74, 6) is 1.18. The third-order valence-electron chi connectivity index (χ3n) is 5.11. The lowest BCUT2D eigenvalue weighted by atomic mass is 9.85. The summed E-state index contributed by atoms with van der Waals surface area (Å²) in [7, 11) is 3.52. The van der Waals surface area contributed by atoms with E-state index in [4.69, 9.17) is 9.47 Å². The Morgan fingerprint density at radius 2 is 2.10 bits per heavy atom. The minimum Gasteiger partial charge on any atom is -0.487 e. The molecule has 0 N–H and O–H groups in total. The van der Waals surface area contributed by atoms with Crippen LogP contribution >= 0.6 is 0 Å². The van der Waals surface area contributed by atoms with Crippen LogP contribution < -0.4 is 10.2 Å². The molecule has 4 rings (SSSR count). The van der Waals surface area contributed by atoms with Gasteiger partial charge in [0, 0.05) is 38.6 Å². The van der Waals surface area contributed by atoms with Crippen molar-refractivity contribution >= 4 is 11.9 Å². The zero-order valence-corrected chi connectivity index (χ0v) is 16.6. The standard InChI is InChI=1S/C21H23N5O3/c1-14-15(12-28-3)9-22-19-5-4-17(8-18(14)19)29-13-20-21(27)6-7-26(24-20)16-10-23-25(2)11-16/h4-11,14-15H,12-13H2,1-3H3. The molecule has 0 amide bonds. The van der Waals surface area contributed by atoms with Gasteiger partial charge in [0.15, 0.2) is 0 Å². The molecule has 8 nitrogen and oxygen atoms in total. The van der Waals surface area contributed by atoms with Crippen LogP contribution in [0.3, 0.4) is 0 Å². The maximum absolute atomic E-state index is 12.2. The summed E-state index contributed by atoms with van der Waals surface area (Å²) in [4.78, 5) is 16.7. The fourth-order valence-electron chi connectivity index (χ4n) is 3.39. The third kappa shape index (κ3) is 3.97. The minimum absolute atomic E-state index is 0.0812. The predicted octanol–water partition coefficient (Wildman–Crippen LogP) is 2.63. The number of hydrogen-bond donors (Lipinski definition) is 0. The number of ether oxygens (including phenoxy) is 2. The molecule has 2 unspecified atom stereocenters. The van der Waals surface area contributed by atoms with Crippen LogP contribution in [0.15, 0.2) is 52.6 Å². The molecule has 1 aliphatic rings. The molecule has 0 radical (unpaired) electrons. The first kappa shape index (κ1) is 19.1. The molecular weight excluding hydrogens is 370 g/mol. The summed E-state index contributed by atoms with van der Waals surface area (Å²) in [5, 5.41) is 8.53. The maximum Gasteiger partial charge on any atom is 0.206 e. The summed E-state index contributed by atoms with van der Waals surface area (Å²) in [6, 6.07) is 7.27. The molecule has 2 aromatic heterocycles. The molecule has 0 fully saturated rings. The molecule has 0 saturated carbocycles. The summed E-state index contributed by atoms with van der Waals surface area (Å²) in [6.45, 7) is 2.86. The van der Waals surface area contributed by atoms with Crippen LogP contribution in [-0.4, -0.2) is 39.5 Å². The van der Waals surface area contributed by atoms with Crippen LogP contribution in [0.4, 0.5) is 5.69 Å². The molecule has 0 aliphatic carbocycles. The van der Waals surface area contributed by atoms with Crippen LogP contribution in [0.2, 0.25) is 0 Å².